The lowest BCUT2D eigenvalue weighted by molar-refractivity contribution is -0.180. The molecule has 2 aromatic rings. The van der Waals surface area contributed by atoms with Crippen LogP contribution in [0.15, 0.2) is 54.6 Å². The molecule has 2 aliphatic heterocycles. The first-order valence-corrected chi connectivity index (χ1v) is 23.3. The number of hydrogen-bond donors (Lipinski definition) is 3. The summed E-state index contributed by atoms with van der Waals surface area (Å²) >= 11 is 0. The molecule has 4 nitrogen and oxygen atoms in total. The molecule has 2 saturated heterocycles. The van der Waals surface area contributed by atoms with E-state index in [2.05, 4.69) is 94.1 Å². The van der Waals surface area contributed by atoms with Crippen LogP contribution in [0.3, 0.4) is 0 Å². The van der Waals surface area contributed by atoms with Gasteiger partial charge in [-0.25, -0.2) is 0 Å². The van der Waals surface area contributed by atoms with E-state index in [4.69, 9.17) is 0 Å². The number of benzene rings is 2. The van der Waals surface area contributed by atoms with Gasteiger partial charge in [0.1, 0.15) is 0 Å². The number of aliphatic hydroxyl groups is 3. The smallest absolute Gasteiger partial charge is 0.0805 e. The fourth-order valence-electron chi connectivity index (χ4n) is 16.0. The number of fused-ring (bicyclic) bond motifs is 8. The van der Waals surface area contributed by atoms with Crippen molar-refractivity contribution in [1.82, 2.24) is 4.90 Å². The van der Waals surface area contributed by atoms with E-state index < -0.39 is 5.60 Å². The minimum atomic E-state index is -0.594. The predicted molar refractivity (Wildman–Crippen MR) is 224 cm³/mol. The molecular weight excluding hydrogens is 675 g/mol. The highest BCUT2D eigenvalue weighted by atomic mass is 16.3. The van der Waals surface area contributed by atoms with Crippen LogP contribution in [0.25, 0.3) is 0 Å². The summed E-state index contributed by atoms with van der Waals surface area (Å²) < 4.78 is 0. The second-order valence-corrected chi connectivity index (χ2v) is 22.2. The van der Waals surface area contributed by atoms with Crippen LogP contribution in [-0.2, 0) is 6.42 Å². The summed E-state index contributed by atoms with van der Waals surface area (Å²) in [6.07, 6.45) is 16.6. The maximum atomic E-state index is 12.3. The minimum absolute atomic E-state index is 0.0123. The topological polar surface area (TPSA) is 63.9 Å². The molecule has 4 heteroatoms. The third-order valence-corrected chi connectivity index (χ3v) is 18.6. The lowest BCUT2D eigenvalue weighted by atomic mass is 9.46. The molecule has 2 heterocycles. The molecule has 5 aliphatic carbocycles. The molecule has 0 aromatic heterocycles. The number of rotatable bonds is 8. The molecule has 7 aliphatic rings. The largest absolute Gasteiger partial charge is 0.393 e. The Balaban J connectivity index is 0.923. The molecule has 16 atom stereocenters. The number of aliphatic hydroxyl groups excluding tert-OH is 2. The van der Waals surface area contributed by atoms with E-state index in [0.717, 1.165) is 63.8 Å². The van der Waals surface area contributed by atoms with E-state index in [9.17, 15) is 15.3 Å². The Morgan fingerprint density at radius 1 is 0.745 bits per heavy atom. The van der Waals surface area contributed by atoms with Gasteiger partial charge in [0.15, 0.2) is 0 Å². The highest BCUT2D eigenvalue weighted by Gasteiger charge is 2.67. The SMILES string of the molecule is CC(C)CC[C@H](C[C@@H]1CC[C@@]2(C1)C[C@]1(C)[C@@H]3C[C@H]4[C@H](CC[C@@H]5[C@H]4CN4C[C@H](C)CC[C@@H]4[C@@]5(C)O)[C@@H]3C[C@H](O)[C@@H]1C[C@H]2O)c1ccc(Cc2ccccc2)cc1. The van der Waals surface area contributed by atoms with E-state index in [0.29, 0.717) is 59.3 Å². The van der Waals surface area contributed by atoms with Gasteiger partial charge in [-0.05, 0) is 189 Å². The monoisotopic (exact) mass is 750 g/mol. The van der Waals surface area contributed by atoms with Crippen LogP contribution < -0.4 is 0 Å². The molecule has 302 valence electrons. The fourth-order valence-corrected chi connectivity index (χ4v) is 16.0. The van der Waals surface area contributed by atoms with Crippen molar-refractivity contribution in [2.24, 2.45) is 70.0 Å². The standard InChI is InChI=1S/C51H75NO3/c1-32(2)11-15-38(37-16-13-35(14-17-37)23-34-9-7-6-8-10-34)24-36-21-22-51(28-36)31-49(4)44-25-40-39(41(44)26-46(53)45(49)27-48(51)54)18-19-43-42(40)30-52-29-33(3)12-20-47(52)50(43,5)55/h6-10,13-14,16-17,32-33,36,38-48,53-55H,11-12,15,18-31H2,1-5H3/t33-,36+,38-,39+,40+,41+,42+,43-,44-,45+,46+,47-,48-,49-,50+,51-/m1/s1. The molecule has 0 bridgehead atoms. The van der Waals surface area contributed by atoms with Crippen molar-refractivity contribution in [3.63, 3.8) is 0 Å². The van der Waals surface area contributed by atoms with Gasteiger partial charge in [0.2, 0.25) is 0 Å². The summed E-state index contributed by atoms with van der Waals surface area (Å²) in [7, 11) is 0. The predicted octanol–water partition coefficient (Wildman–Crippen LogP) is 10.3. The fraction of sp³-hybridized carbons (Fsp3) is 0.765. The molecule has 9 rings (SSSR count). The molecule has 3 N–H and O–H groups in total. The number of nitrogens with zero attached hydrogens (tertiary/aromatic N) is 1. The lowest BCUT2D eigenvalue weighted by Gasteiger charge is -2.60. The Morgan fingerprint density at radius 2 is 1.51 bits per heavy atom. The molecule has 2 aromatic carbocycles. The van der Waals surface area contributed by atoms with Gasteiger partial charge >= 0.3 is 0 Å². The summed E-state index contributed by atoms with van der Waals surface area (Å²) in [5, 5.41) is 36.4. The van der Waals surface area contributed by atoms with Crippen molar-refractivity contribution in [1.29, 1.82) is 0 Å². The van der Waals surface area contributed by atoms with Gasteiger partial charge in [-0.15, -0.1) is 0 Å². The maximum absolute atomic E-state index is 12.3. The van der Waals surface area contributed by atoms with Crippen molar-refractivity contribution in [3.8, 4) is 0 Å². The first-order valence-electron chi connectivity index (χ1n) is 23.3. The van der Waals surface area contributed by atoms with Gasteiger partial charge in [0, 0.05) is 19.1 Å². The normalized spacial score (nSPS) is 45.8. The van der Waals surface area contributed by atoms with Crippen LogP contribution in [0, 0.1) is 70.0 Å². The Bertz CT molecular complexity index is 1620. The second-order valence-electron chi connectivity index (χ2n) is 22.2. The van der Waals surface area contributed by atoms with Gasteiger partial charge in [0.05, 0.1) is 17.8 Å². The van der Waals surface area contributed by atoms with E-state index in [1.54, 1.807) is 0 Å². The van der Waals surface area contributed by atoms with Gasteiger partial charge in [-0.3, -0.25) is 4.90 Å². The van der Waals surface area contributed by atoms with Crippen molar-refractivity contribution >= 4 is 0 Å². The third kappa shape index (κ3) is 6.91. The molecule has 0 unspecified atom stereocenters. The number of piperidine rings is 2. The average molecular weight is 750 g/mol. The van der Waals surface area contributed by atoms with Crippen molar-refractivity contribution in [2.75, 3.05) is 13.1 Å². The lowest BCUT2D eigenvalue weighted by Crippen LogP contribution is -2.67. The Morgan fingerprint density at radius 3 is 2.27 bits per heavy atom. The highest BCUT2D eigenvalue weighted by molar-refractivity contribution is 5.30. The van der Waals surface area contributed by atoms with Gasteiger partial charge in [-0.1, -0.05) is 88.7 Å². The van der Waals surface area contributed by atoms with E-state index in [1.807, 2.05) is 0 Å². The Hall–Kier alpha value is -1.72. The third-order valence-electron chi connectivity index (χ3n) is 18.6. The second kappa shape index (κ2) is 14.8. The van der Waals surface area contributed by atoms with Crippen molar-refractivity contribution in [3.05, 3.63) is 71.3 Å². The van der Waals surface area contributed by atoms with Crippen molar-refractivity contribution in [2.45, 2.75) is 161 Å². The van der Waals surface area contributed by atoms with Crippen LogP contribution in [0.1, 0.15) is 147 Å². The number of hydrogen-bond acceptors (Lipinski definition) is 4. The minimum Gasteiger partial charge on any atom is -0.393 e. The Labute approximate surface area is 334 Å². The van der Waals surface area contributed by atoms with Crippen molar-refractivity contribution < 1.29 is 15.3 Å². The molecule has 7 fully saturated rings. The molecule has 0 radical (unpaired) electrons. The Kier molecular flexibility index (Phi) is 10.5. The first kappa shape index (κ1) is 38.8. The van der Waals surface area contributed by atoms with Crippen LogP contribution in [0.2, 0.25) is 0 Å². The summed E-state index contributed by atoms with van der Waals surface area (Å²) in [6, 6.07) is 20.8. The molecular formula is C51H75NO3. The summed E-state index contributed by atoms with van der Waals surface area (Å²) in [4.78, 5) is 2.72. The van der Waals surface area contributed by atoms with Gasteiger partial charge < -0.3 is 15.3 Å². The van der Waals surface area contributed by atoms with Gasteiger partial charge in [0.25, 0.3) is 0 Å². The quantitative estimate of drug-likeness (QED) is 0.252. The zero-order chi connectivity index (χ0) is 38.3. The first-order chi connectivity index (χ1) is 26.3. The van der Waals surface area contributed by atoms with Crippen LogP contribution in [0.5, 0.6) is 0 Å². The zero-order valence-electron chi connectivity index (χ0n) is 35.1. The molecule has 55 heavy (non-hydrogen) atoms. The summed E-state index contributed by atoms with van der Waals surface area (Å²) in [6.45, 7) is 14.3. The van der Waals surface area contributed by atoms with Crippen LogP contribution >= 0.6 is 0 Å². The average Bonchev–Trinajstić information content (AvgIpc) is 3.74. The van der Waals surface area contributed by atoms with Crippen LogP contribution in [-0.4, -0.2) is 57.2 Å². The van der Waals surface area contributed by atoms with E-state index in [-0.39, 0.29) is 29.0 Å². The van der Waals surface area contributed by atoms with Crippen LogP contribution in [0.4, 0.5) is 0 Å². The summed E-state index contributed by atoms with van der Waals surface area (Å²) in [5.41, 5.74) is 3.74. The maximum Gasteiger partial charge on any atom is 0.0805 e. The van der Waals surface area contributed by atoms with E-state index >= 15 is 0 Å². The van der Waals surface area contributed by atoms with Gasteiger partial charge in [-0.2, -0.15) is 0 Å². The summed E-state index contributed by atoms with van der Waals surface area (Å²) in [5.74, 6) is 6.43. The molecule has 5 saturated carbocycles. The highest BCUT2D eigenvalue weighted by Crippen LogP contribution is 2.71. The molecule has 0 amide bonds. The molecule has 1 spiro atoms. The zero-order valence-corrected chi connectivity index (χ0v) is 35.1. The van der Waals surface area contributed by atoms with E-state index in [1.165, 1.54) is 68.2 Å².